The molecule has 0 atom stereocenters. The molecule has 0 spiro atoms. The van der Waals surface area contributed by atoms with Crippen LogP contribution in [-0.2, 0) is 19.5 Å². The Morgan fingerprint density at radius 3 is 3.00 bits per heavy atom. The van der Waals surface area contributed by atoms with Gasteiger partial charge in [-0.2, -0.15) is 5.10 Å². The van der Waals surface area contributed by atoms with Crippen LogP contribution in [0.3, 0.4) is 0 Å². The summed E-state index contributed by atoms with van der Waals surface area (Å²) >= 11 is 1.44. The van der Waals surface area contributed by atoms with Crippen molar-refractivity contribution in [2.24, 2.45) is 0 Å². The highest BCUT2D eigenvalue weighted by molar-refractivity contribution is 7.07. The van der Waals surface area contributed by atoms with Gasteiger partial charge >= 0.3 is 0 Å². The molecule has 3 aromatic heterocycles. The molecule has 0 fully saturated rings. The summed E-state index contributed by atoms with van der Waals surface area (Å²) in [4.78, 5) is 26.9. The molecule has 118 valence electrons. The van der Waals surface area contributed by atoms with Gasteiger partial charge in [-0.25, -0.2) is 19.6 Å². The van der Waals surface area contributed by atoms with Gasteiger partial charge in [-0.3, -0.25) is 4.79 Å². The van der Waals surface area contributed by atoms with E-state index in [2.05, 4.69) is 24.6 Å². The van der Waals surface area contributed by atoms with Crippen molar-refractivity contribution in [3.63, 3.8) is 0 Å². The van der Waals surface area contributed by atoms with E-state index in [0.717, 1.165) is 24.5 Å². The van der Waals surface area contributed by atoms with Crippen LogP contribution in [0, 0.1) is 0 Å². The standard InChI is InChI=1S/C14H15N7OS/c22-14(12-7-23-10-17-12)19-2-1-13-16-5-11(21(13)4-3-19)6-20-9-15-8-18-20/h5,7-10H,1-4,6H2. The number of carbonyl (C=O) groups excluding carboxylic acids is 1. The number of imidazole rings is 1. The smallest absolute Gasteiger partial charge is 0.273 e. The van der Waals surface area contributed by atoms with Crippen LogP contribution in [0.1, 0.15) is 22.0 Å². The van der Waals surface area contributed by atoms with Gasteiger partial charge in [0.1, 0.15) is 24.2 Å². The Morgan fingerprint density at radius 2 is 2.22 bits per heavy atom. The maximum Gasteiger partial charge on any atom is 0.273 e. The van der Waals surface area contributed by atoms with Crippen molar-refractivity contribution in [1.82, 2.24) is 34.2 Å². The summed E-state index contributed by atoms with van der Waals surface area (Å²) in [7, 11) is 0. The summed E-state index contributed by atoms with van der Waals surface area (Å²) in [6.07, 6.45) is 5.84. The Bertz CT molecular complexity index is 793. The fourth-order valence-electron chi connectivity index (χ4n) is 2.78. The summed E-state index contributed by atoms with van der Waals surface area (Å²) < 4.78 is 3.95. The first-order valence-corrected chi connectivity index (χ1v) is 8.28. The maximum absolute atomic E-state index is 12.4. The number of carbonyl (C=O) groups is 1. The number of nitrogens with zero attached hydrogens (tertiary/aromatic N) is 7. The topological polar surface area (TPSA) is 81.7 Å². The Morgan fingerprint density at radius 1 is 1.26 bits per heavy atom. The van der Waals surface area contributed by atoms with Crippen LogP contribution in [-0.4, -0.2) is 53.2 Å². The van der Waals surface area contributed by atoms with Gasteiger partial charge in [-0.05, 0) is 0 Å². The third kappa shape index (κ3) is 2.74. The van der Waals surface area contributed by atoms with Gasteiger partial charge in [0.05, 0.1) is 23.9 Å². The van der Waals surface area contributed by atoms with Gasteiger partial charge in [-0.1, -0.05) is 0 Å². The molecular weight excluding hydrogens is 314 g/mol. The van der Waals surface area contributed by atoms with Crippen molar-refractivity contribution in [3.8, 4) is 0 Å². The minimum Gasteiger partial charge on any atom is -0.335 e. The van der Waals surface area contributed by atoms with Gasteiger partial charge in [0.25, 0.3) is 5.91 Å². The number of thiazole rings is 1. The van der Waals surface area contributed by atoms with Crippen LogP contribution < -0.4 is 0 Å². The SMILES string of the molecule is O=C(c1cscn1)N1CCc2ncc(Cn3cncn3)n2CC1. The first-order valence-electron chi connectivity index (χ1n) is 7.34. The van der Waals surface area contributed by atoms with E-state index < -0.39 is 0 Å². The van der Waals surface area contributed by atoms with E-state index in [4.69, 9.17) is 0 Å². The molecule has 9 heteroatoms. The zero-order valence-corrected chi connectivity index (χ0v) is 13.2. The van der Waals surface area contributed by atoms with Crippen molar-refractivity contribution in [2.45, 2.75) is 19.5 Å². The molecule has 1 aliphatic rings. The fourth-order valence-corrected chi connectivity index (χ4v) is 3.31. The van der Waals surface area contributed by atoms with Crippen LogP contribution in [0.5, 0.6) is 0 Å². The van der Waals surface area contributed by atoms with Gasteiger partial charge < -0.3 is 9.47 Å². The van der Waals surface area contributed by atoms with E-state index in [1.54, 1.807) is 21.9 Å². The van der Waals surface area contributed by atoms with E-state index in [0.29, 0.717) is 25.3 Å². The first-order chi connectivity index (χ1) is 11.3. The Kier molecular flexibility index (Phi) is 3.62. The lowest BCUT2D eigenvalue weighted by molar-refractivity contribution is 0.0754. The number of hydrogen-bond acceptors (Lipinski definition) is 6. The Hall–Kier alpha value is -2.55. The van der Waals surface area contributed by atoms with Gasteiger partial charge in [0.15, 0.2) is 0 Å². The molecule has 0 bridgehead atoms. The highest BCUT2D eigenvalue weighted by Gasteiger charge is 2.22. The van der Waals surface area contributed by atoms with Gasteiger partial charge in [0.2, 0.25) is 0 Å². The minimum absolute atomic E-state index is 0.00479. The lowest BCUT2D eigenvalue weighted by Gasteiger charge is -2.19. The quantitative estimate of drug-likeness (QED) is 0.706. The maximum atomic E-state index is 12.4. The van der Waals surface area contributed by atoms with Crippen LogP contribution >= 0.6 is 11.3 Å². The number of hydrogen-bond donors (Lipinski definition) is 0. The summed E-state index contributed by atoms with van der Waals surface area (Å²) in [6, 6.07) is 0. The number of rotatable bonds is 3. The molecule has 23 heavy (non-hydrogen) atoms. The molecule has 0 aromatic carbocycles. The second-order valence-electron chi connectivity index (χ2n) is 5.33. The van der Waals surface area contributed by atoms with Crippen LogP contribution in [0.2, 0.25) is 0 Å². The average molecular weight is 329 g/mol. The Balaban J connectivity index is 1.51. The summed E-state index contributed by atoms with van der Waals surface area (Å²) in [5.41, 5.74) is 3.29. The molecule has 0 aliphatic carbocycles. The van der Waals surface area contributed by atoms with E-state index >= 15 is 0 Å². The van der Waals surface area contributed by atoms with Crippen molar-refractivity contribution < 1.29 is 4.79 Å². The molecule has 0 saturated heterocycles. The molecule has 1 aliphatic heterocycles. The highest BCUT2D eigenvalue weighted by Crippen LogP contribution is 2.14. The van der Waals surface area contributed by atoms with Crippen molar-refractivity contribution >= 4 is 17.2 Å². The van der Waals surface area contributed by atoms with Gasteiger partial charge in [0, 0.05) is 31.4 Å². The number of amides is 1. The second-order valence-corrected chi connectivity index (χ2v) is 6.05. The normalized spacial score (nSPS) is 14.5. The van der Waals surface area contributed by atoms with E-state index in [-0.39, 0.29) is 5.91 Å². The van der Waals surface area contributed by atoms with E-state index in [1.807, 2.05) is 11.1 Å². The molecule has 1 amide bonds. The van der Waals surface area contributed by atoms with Crippen LogP contribution in [0.25, 0.3) is 0 Å². The summed E-state index contributed by atoms with van der Waals surface area (Å²) in [5, 5.41) is 5.93. The monoisotopic (exact) mass is 329 g/mol. The molecule has 0 saturated carbocycles. The third-order valence-electron chi connectivity index (χ3n) is 3.95. The molecular formula is C14H15N7OS. The molecule has 8 nitrogen and oxygen atoms in total. The van der Waals surface area contributed by atoms with Crippen molar-refractivity contribution in [3.05, 3.63) is 47.0 Å². The minimum atomic E-state index is -0.00479. The van der Waals surface area contributed by atoms with E-state index in [9.17, 15) is 4.79 Å². The zero-order chi connectivity index (χ0) is 15.6. The number of fused-ring (bicyclic) bond motifs is 1. The predicted octanol–water partition coefficient (Wildman–Crippen LogP) is 0.678. The van der Waals surface area contributed by atoms with Crippen molar-refractivity contribution in [2.75, 3.05) is 13.1 Å². The van der Waals surface area contributed by atoms with Gasteiger partial charge in [-0.15, -0.1) is 11.3 Å². The molecule has 3 aromatic rings. The average Bonchev–Trinajstić information content (AvgIpc) is 3.29. The first kappa shape index (κ1) is 14.1. The summed E-state index contributed by atoms with van der Waals surface area (Å²) in [6.45, 7) is 2.68. The Labute approximate surface area is 136 Å². The fraction of sp³-hybridized carbons (Fsp3) is 0.357. The predicted molar refractivity (Wildman–Crippen MR) is 83.1 cm³/mol. The van der Waals surface area contributed by atoms with Crippen molar-refractivity contribution in [1.29, 1.82) is 0 Å². The highest BCUT2D eigenvalue weighted by atomic mass is 32.1. The lowest BCUT2D eigenvalue weighted by Crippen LogP contribution is -2.34. The van der Waals surface area contributed by atoms with E-state index in [1.165, 1.54) is 17.7 Å². The van der Waals surface area contributed by atoms with Crippen LogP contribution in [0.15, 0.2) is 29.7 Å². The summed E-state index contributed by atoms with van der Waals surface area (Å²) in [5.74, 6) is 1.00. The zero-order valence-electron chi connectivity index (χ0n) is 12.4. The largest absolute Gasteiger partial charge is 0.335 e. The third-order valence-corrected chi connectivity index (χ3v) is 4.54. The van der Waals surface area contributed by atoms with Crippen LogP contribution in [0.4, 0.5) is 0 Å². The number of aromatic nitrogens is 6. The molecule has 0 N–H and O–H groups in total. The molecule has 4 heterocycles. The molecule has 0 unspecified atom stereocenters. The second kappa shape index (κ2) is 5.92. The molecule has 0 radical (unpaired) electrons. The lowest BCUT2D eigenvalue weighted by atomic mass is 10.3. The molecule has 4 rings (SSSR count).